The zero-order valence-corrected chi connectivity index (χ0v) is 12.3. The Bertz CT molecular complexity index is 436. The van der Waals surface area contributed by atoms with Crippen molar-refractivity contribution >= 4 is 5.91 Å². The molecular formula is C15H23FN2O2. The lowest BCUT2D eigenvalue weighted by Crippen LogP contribution is -2.24. The van der Waals surface area contributed by atoms with Gasteiger partial charge in [-0.15, -0.1) is 0 Å². The molecule has 1 aromatic rings. The number of hydrogen-bond donors (Lipinski definition) is 2. The van der Waals surface area contributed by atoms with Gasteiger partial charge in [0.2, 0.25) is 5.91 Å². The van der Waals surface area contributed by atoms with Gasteiger partial charge in [-0.2, -0.15) is 0 Å². The summed E-state index contributed by atoms with van der Waals surface area (Å²) in [7, 11) is 0. The molecule has 2 N–H and O–H groups in total. The largest absolute Gasteiger partial charge is 0.493 e. The summed E-state index contributed by atoms with van der Waals surface area (Å²) in [5, 5.41) is 5.91. The molecule has 0 atom stereocenters. The summed E-state index contributed by atoms with van der Waals surface area (Å²) in [5.41, 5.74) is 0.826. The second-order valence-corrected chi connectivity index (χ2v) is 4.88. The third-order valence-corrected chi connectivity index (χ3v) is 2.62. The standard InChI is InChI=1S/C15H23FN2O2/c1-4-17-15(19)5-6-20-14-8-12(7-13(16)9-14)10-18-11(2)3/h7-9,11,18H,4-6,10H2,1-3H3,(H,17,19). The van der Waals surface area contributed by atoms with Gasteiger partial charge in [0.05, 0.1) is 13.0 Å². The molecule has 0 spiro atoms. The summed E-state index contributed by atoms with van der Waals surface area (Å²) in [5.74, 6) is 0.0570. The molecule has 5 heteroatoms. The van der Waals surface area contributed by atoms with Crippen LogP contribution in [0.4, 0.5) is 4.39 Å². The number of nitrogens with one attached hydrogen (secondary N) is 2. The van der Waals surface area contributed by atoms with E-state index in [2.05, 4.69) is 10.6 Å². The minimum atomic E-state index is -0.332. The number of ether oxygens (including phenoxy) is 1. The first-order valence-corrected chi connectivity index (χ1v) is 6.93. The summed E-state index contributed by atoms with van der Waals surface area (Å²) in [6.45, 7) is 7.35. The smallest absolute Gasteiger partial charge is 0.223 e. The van der Waals surface area contributed by atoms with Gasteiger partial charge in [0.25, 0.3) is 0 Å². The number of benzene rings is 1. The molecule has 0 bridgehead atoms. The van der Waals surface area contributed by atoms with Crippen molar-refractivity contribution in [3.8, 4) is 5.75 Å². The molecular weight excluding hydrogens is 259 g/mol. The van der Waals surface area contributed by atoms with Crippen molar-refractivity contribution in [2.45, 2.75) is 39.8 Å². The van der Waals surface area contributed by atoms with E-state index < -0.39 is 0 Å². The second-order valence-electron chi connectivity index (χ2n) is 4.88. The number of carbonyl (C=O) groups excluding carboxylic acids is 1. The molecule has 0 aliphatic carbocycles. The van der Waals surface area contributed by atoms with E-state index in [0.29, 0.717) is 24.9 Å². The van der Waals surface area contributed by atoms with Crippen molar-refractivity contribution in [1.82, 2.24) is 10.6 Å². The molecule has 0 heterocycles. The highest BCUT2D eigenvalue weighted by molar-refractivity contribution is 5.75. The average Bonchev–Trinajstić information content (AvgIpc) is 2.36. The molecule has 0 fully saturated rings. The summed E-state index contributed by atoms with van der Waals surface area (Å²) in [6.07, 6.45) is 0.268. The Morgan fingerprint density at radius 3 is 2.75 bits per heavy atom. The SMILES string of the molecule is CCNC(=O)CCOc1cc(F)cc(CNC(C)C)c1. The van der Waals surface area contributed by atoms with Crippen LogP contribution >= 0.6 is 0 Å². The molecule has 112 valence electrons. The minimum Gasteiger partial charge on any atom is -0.493 e. The number of halogens is 1. The van der Waals surface area contributed by atoms with Gasteiger partial charge in [0, 0.05) is 25.2 Å². The molecule has 0 unspecified atom stereocenters. The molecule has 0 aliphatic rings. The van der Waals surface area contributed by atoms with Crippen molar-refractivity contribution in [3.63, 3.8) is 0 Å². The maximum absolute atomic E-state index is 13.5. The quantitative estimate of drug-likeness (QED) is 0.769. The topological polar surface area (TPSA) is 50.4 Å². The Balaban J connectivity index is 2.50. The molecule has 0 saturated heterocycles. The molecule has 0 aliphatic heterocycles. The van der Waals surface area contributed by atoms with Crippen LogP contribution in [-0.4, -0.2) is 25.1 Å². The molecule has 1 aromatic carbocycles. The maximum Gasteiger partial charge on any atom is 0.223 e. The summed E-state index contributed by atoms with van der Waals surface area (Å²) in [6, 6.07) is 4.93. The third kappa shape index (κ3) is 6.52. The van der Waals surface area contributed by atoms with E-state index in [-0.39, 0.29) is 24.8 Å². The van der Waals surface area contributed by atoms with Crippen LogP contribution in [0.3, 0.4) is 0 Å². The molecule has 1 amide bonds. The second kappa shape index (κ2) is 8.53. The van der Waals surface area contributed by atoms with E-state index in [0.717, 1.165) is 5.56 Å². The molecule has 0 saturated carbocycles. The van der Waals surface area contributed by atoms with E-state index in [1.807, 2.05) is 20.8 Å². The molecule has 20 heavy (non-hydrogen) atoms. The summed E-state index contributed by atoms with van der Waals surface area (Å²) in [4.78, 5) is 11.3. The fourth-order valence-electron chi connectivity index (χ4n) is 1.68. The van der Waals surface area contributed by atoms with Crippen molar-refractivity contribution in [2.75, 3.05) is 13.2 Å². The third-order valence-electron chi connectivity index (χ3n) is 2.62. The lowest BCUT2D eigenvalue weighted by atomic mass is 10.2. The Morgan fingerprint density at radius 2 is 2.10 bits per heavy atom. The van der Waals surface area contributed by atoms with Crippen molar-refractivity contribution in [2.24, 2.45) is 0 Å². The Morgan fingerprint density at radius 1 is 1.35 bits per heavy atom. The Labute approximate surface area is 119 Å². The number of rotatable bonds is 8. The van der Waals surface area contributed by atoms with E-state index in [1.165, 1.54) is 12.1 Å². The number of carbonyl (C=O) groups is 1. The predicted molar refractivity (Wildman–Crippen MR) is 77.2 cm³/mol. The summed E-state index contributed by atoms with van der Waals surface area (Å²) >= 11 is 0. The highest BCUT2D eigenvalue weighted by Gasteiger charge is 2.04. The zero-order chi connectivity index (χ0) is 15.0. The van der Waals surface area contributed by atoms with Crippen molar-refractivity contribution < 1.29 is 13.9 Å². The van der Waals surface area contributed by atoms with Crippen LogP contribution in [-0.2, 0) is 11.3 Å². The average molecular weight is 282 g/mol. The molecule has 4 nitrogen and oxygen atoms in total. The maximum atomic E-state index is 13.5. The van der Waals surface area contributed by atoms with Crippen molar-refractivity contribution in [3.05, 3.63) is 29.6 Å². The van der Waals surface area contributed by atoms with E-state index >= 15 is 0 Å². The predicted octanol–water partition coefficient (Wildman–Crippen LogP) is 2.23. The number of amides is 1. The van der Waals surface area contributed by atoms with E-state index in [4.69, 9.17) is 4.74 Å². The van der Waals surface area contributed by atoms with Gasteiger partial charge in [0.15, 0.2) is 0 Å². The fourth-order valence-corrected chi connectivity index (χ4v) is 1.68. The Kier molecular flexibility index (Phi) is 7.01. The van der Waals surface area contributed by atoms with E-state index in [9.17, 15) is 9.18 Å². The van der Waals surface area contributed by atoms with Gasteiger partial charge in [-0.3, -0.25) is 4.79 Å². The van der Waals surface area contributed by atoms with Gasteiger partial charge in [-0.25, -0.2) is 4.39 Å². The summed E-state index contributed by atoms with van der Waals surface area (Å²) < 4.78 is 18.9. The first kappa shape index (κ1) is 16.4. The van der Waals surface area contributed by atoms with Crippen LogP contribution in [0, 0.1) is 5.82 Å². The van der Waals surface area contributed by atoms with E-state index in [1.54, 1.807) is 6.07 Å². The highest BCUT2D eigenvalue weighted by atomic mass is 19.1. The van der Waals surface area contributed by atoms with Gasteiger partial charge in [0.1, 0.15) is 11.6 Å². The van der Waals surface area contributed by atoms with Crippen LogP contribution in [0.25, 0.3) is 0 Å². The normalized spacial score (nSPS) is 10.7. The van der Waals surface area contributed by atoms with Crippen LogP contribution in [0.1, 0.15) is 32.8 Å². The lowest BCUT2D eigenvalue weighted by Gasteiger charge is -2.11. The molecule has 0 radical (unpaired) electrons. The van der Waals surface area contributed by atoms with Crippen LogP contribution in [0.15, 0.2) is 18.2 Å². The van der Waals surface area contributed by atoms with Gasteiger partial charge < -0.3 is 15.4 Å². The highest BCUT2D eigenvalue weighted by Crippen LogP contribution is 2.16. The number of hydrogen-bond acceptors (Lipinski definition) is 3. The lowest BCUT2D eigenvalue weighted by molar-refractivity contribution is -0.121. The van der Waals surface area contributed by atoms with Crippen LogP contribution in [0.5, 0.6) is 5.75 Å². The monoisotopic (exact) mass is 282 g/mol. The Hall–Kier alpha value is -1.62. The van der Waals surface area contributed by atoms with Crippen molar-refractivity contribution in [1.29, 1.82) is 0 Å². The fraction of sp³-hybridized carbons (Fsp3) is 0.533. The molecule has 0 aromatic heterocycles. The van der Waals surface area contributed by atoms with Gasteiger partial charge in [-0.1, -0.05) is 13.8 Å². The first-order chi connectivity index (χ1) is 9.51. The minimum absolute atomic E-state index is 0.0643. The van der Waals surface area contributed by atoms with Gasteiger partial charge >= 0.3 is 0 Å². The van der Waals surface area contributed by atoms with Crippen LogP contribution < -0.4 is 15.4 Å². The van der Waals surface area contributed by atoms with Gasteiger partial charge in [-0.05, 0) is 24.6 Å². The van der Waals surface area contributed by atoms with Crippen LogP contribution in [0.2, 0.25) is 0 Å². The zero-order valence-electron chi connectivity index (χ0n) is 12.3. The first-order valence-electron chi connectivity index (χ1n) is 6.93. The molecule has 1 rings (SSSR count).